The van der Waals surface area contributed by atoms with Crippen LogP contribution < -0.4 is 5.32 Å². The van der Waals surface area contributed by atoms with Crippen molar-refractivity contribution in [2.24, 2.45) is 7.05 Å². The third-order valence-corrected chi connectivity index (χ3v) is 3.43. The van der Waals surface area contributed by atoms with E-state index in [1.165, 1.54) is 5.69 Å². The Morgan fingerprint density at radius 1 is 1.30 bits per heavy atom. The van der Waals surface area contributed by atoms with Crippen LogP contribution in [0, 0.1) is 6.92 Å². The number of hydrogen-bond acceptors (Lipinski definition) is 3. The molecule has 5 heteroatoms. The standard InChI is InChI=1S/C15H25N5/c1-5-8-16-15(14-7-9-19(4)18-14)11-13-10-12(3)17-20(13)6-2/h7,9-10,15-16H,5-6,8,11H2,1-4H3. The fraction of sp³-hybridized carbons (Fsp3) is 0.600. The van der Waals surface area contributed by atoms with E-state index in [1.807, 2.05) is 24.9 Å². The van der Waals surface area contributed by atoms with E-state index in [4.69, 9.17) is 0 Å². The molecule has 0 aliphatic heterocycles. The highest BCUT2D eigenvalue weighted by atomic mass is 15.3. The van der Waals surface area contributed by atoms with Crippen LogP contribution in [0.5, 0.6) is 0 Å². The number of aryl methyl sites for hydroxylation is 3. The predicted octanol–water partition coefficient (Wildman–Crippen LogP) is 2.23. The van der Waals surface area contributed by atoms with Gasteiger partial charge in [-0.2, -0.15) is 10.2 Å². The SMILES string of the molecule is CCCNC(Cc1cc(C)nn1CC)c1ccn(C)n1. The van der Waals surface area contributed by atoms with Crippen LogP contribution in [-0.4, -0.2) is 26.1 Å². The van der Waals surface area contributed by atoms with E-state index in [1.54, 1.807) is 0 Å². The van der Waals surface area contributed by atoms with Gasteiger partial charge in [0.05, 0.1) is 17.4 Å². The van der Waals surface area contributed by atoms with E-state index in [0.29, 0.717) is 0 Å². The van der Waals surface area contributed by atoms with E-state index in [-0.39, 0.29) is 6.04 Å². The molecule has 2 aromatic rings. The summed E-state index contributed by atoms with van der Waals surface area (Å²) in [5.41, 5.74) is 3.45. The molecule has 2 rings (SSSR count). The van der Waals surface area contributed by atoms with Crippen LogP contribution in [0.25, 0.3) is 0 Å². The van der Waals surface area contributed by atoms with Crippen molar-refractivity contribution in [2.75, 3.05) is 6.54 Å². The Morgan fingerprint density at radius 3 is 2.70 bits per heavy atom. The molecule has 0 spiro atoms. The number of hydrogen-bond donors (Lipinski definition) is 1. The molecule has 1 atom stereocenters. The molecule has 0 saturated carbocycles. The zero-order valence-electron chi connectivity index (χ0n) is 12.9. The average molecular weight is 275 g/mol. The van der Waals surface area contributed by atoms with E-state index >= 15 is 0 Å². The molecule has 0 aliphatic rings. The van der Waals surface area contributed by atoms with Gasteiger partial charge in [-0.15, -0.1) is 0 Å². The van der Waals surface area contributed by atoms with Crippen LogP contribution in [0.3, 0.4) is 0 Å². The van der Waals surface area contributed by atoms with E-state index in [2.05, 4.69) is 46.2 Å². The van der Waals surface area contributed by atoms with Crippen molar-refractivity contribution < 1.29 is 0 Å². The molecule has 2 aromatic heterocycles. The van der Waals surface area contributed by atoms with Crippen molar-refractivity contribution in [1.82, 2.24) is 24.9 Å². The number of aromatic nitrogens is 4. The monoisotopic (exact) mass is 275 g/mol. The minimum atomic E-state index is 0.248. The van der Waals surface area contributed by atoms with Gasteiger partial charge in [-0.3, -0.25) is 9.36 Å². The second-order valence-corrected chi connectivity index (χ2v) is 5.22. The van der Waals surface area contributed by atoms with Gasteiger partial charge in [-0.05, 0) is 38.9 Å². The van der Waals surface area contributed by atoms with E-state index in [9.17, 15) is 0 Å². The van der Waals surface area contributed by atoms with Crippen molar-refractivity contribution in [3.63, 3.8) is 0 Å². The molecule has 110 valence electrons. The lowest BCUT2D eigenvalue weighted by Crippen LogP contribution is -2.25. The molecule has 0 aliphatic carbocycles. The Labute approximate surface area is 121 Å². The van der Waals surface area contributed by atoms with Gasteiger partial charge in [0.2, 0.25) is 0 Å². The topological polar surface area (TPSA) is 47.7 Å². The third kappa shape index (κ3) is 3.48. The maximum Gasteiger partial charge on any atom is 0.0797 e. The largest absolute Gasteiger partial charge is 0.308 e. The lowest BCUT2D eigenvalue weighted by atomic mass is 10.1. The first-order valence-electron chi connectivity index (χ1n) is 7.40. The second kappa shape index (κ2) is 6.70. The minimum absolute atomic E-state index is 0.248. The number of nitrogens with one attached hydrogen (secondary N) is 1. The predicted molar refractivity (Wildman–Crippen MR) is 80.6 cm³/mol. The summed E-state index contributed by atoms with van der Waals surface area (Å²) in [6.45, 7) is 8.27. The summed E-state index contributed by atoms with van der Waals surface area (Å²) in [4.78, 5) is 0. The van der Waals surface area contributed by atoms with Crippen molar-refractivity contribution in [1.29, 1.82) is 0 Å². The molecule has 0 saturated heterocycles. The van der Waals surface area contributed by atoms with Crippen molar-refractivity contribution in [3.8, 4) is 0 Å². The van der Waals surface area contributed by atoms with E-state index < -0.39 is 0 Å². The van der Waals surface area contributed by atoms with E-state index in [0.717, 1.165) is 37.3 Å². The van der Waals surface area contributed by atoms with Crippen LogP contribution >= 0.6 is 0 Å². The van der Waals surface area contributed by atoms with Gasteiger partial charge in [0, 0.05) is 31.9 Å². The number of nitrogens with zero attached hydrogens (tertiary/aromatic N) is 4. The van der Waals surface area contributed by atoms with Crippen LogP contribution in [-0.2, 0) is 20.0 Å². The van der Waals surface area contributed by atoms with Gasteiger partial charge in [0.15, 0.2) is 0 Å². The minimum Gasteiger partial charge on any atom is -0.308 e. The summed E-state index contributed by atoms with van der Waals surface area (Å²) < 4.78 is 3.94. The van der Waals surface area contributed by atoms with Crippen molar-refractivity contribution in [2.45, 2.75) is 46.2 Å². The Kier molecular flexibility index (Phi) is 4.95. The normalized spacial score (nSPS) is 12.8. The first-order valence-corrected chi connectivity index (χ1v) is 7.40. The first kappa shape index (κ1) is 14.8. The van der Waals surface area contributed by atoms with Crippen LogP contribution in [0.4, 0.5) is 0 Å². The first-order chi connectivity index (χ1) is 9.63. The van der Waals surface area contributed by atoms with Gasteiger partial charge in [0.1, 0.15) is 0 Å². The summed E-state index contributed by atoms with van der Waals surface area (Å²) in [5, 5.41) is 12.7. The van der Waals surface area contributed by atoms with Crippen LogP contribution in [0.2, 0.25) is 0 Å². The summed E-state index contributed by atoms with van der Waals surface area (Å²) >= 11 is 0. The quantitative estimate of drug-likeness (QED) is 0.843. The zero-order chi connectivity index (χ0) is 14.5. The fourth-order valence-corrected chi connectivity index (χ4v) is 2.47. The zero-order valence-corrected chi connectivity index (χ0v) is 12.9. The maximum absolute atomic E-state index is 4.55. The van der Waals surface area contributed by atoms with Gasteiger partial charge >= 0.3 is 0 Å². The summed E-state index contributed by atoms with van der Waals surface area (Å²) in [7, 11) is 1.96. The highest BCUT2D eigenvalue weighted by Crippen LogP contribution is 2.17. The molecule has 0 bridgehead atoms. The fourth-order valence-electron chi connectivity index (χ4n) is 2.47. The van der Waals surface area contributed by atoms with Crippen molar-refractivity contribution in [3.05, 3.63) is 35.4 Å². The summed E-state index contributed by atoms with van der Waals surface area (Å²) in [6, 6.07) is 4.51. The summed E-state index contributed by atoms with van der Waals surface area (Å²) in [6.07, 6.45) is 4.04. The maximum atomic E-state index is 4.55. The molecule has 0 radical (unpaired) electrons. The molecule has 20 heavy (non-hydrogen) atoms. The summed E-state index contributed by atoms with van der Waals surface area (Å²) in [5.74, 6) is 0. The Bertz CT molecular complexity index is 540. The third-order valence-electron chi connectivity index (χ3n) is 3.43. The molecular weight excluding hydrogens is 250 g/mol. The molecule has 2 heterocycles. The molecule has 0 amide bonds. The highest BCUT2D eigenvalue weighted by Gasteiger charge is 2.17. The lowest BCUT2D eigenvalue weighted by Gasteiger charge is -2.17. The molecule has 1 unspecified atom stereocenters. The molecule has 0 aromatic carbocycles. The van der Waals surface area contributed by atoms with Gasteiger partial charge in [-0.25, -0.2) is 0 Å². The van der Waals surface area contributed by atoms with Crippen LogP contribution in [0.1, 0.15) is 43.4 Å². The Balaban J connectivity index is 2.18. The molecular formula is C15H25N5. The Hall–Kier alpha value is -1.62. The molecule has 1 N–H and O–H groups in total. The second-order valence-electron chi connectivity index (χ2n) is 5.22. The Morgan fingerprint density at radius 2 is 2.10 bits per heavy atom. The van der Waals surface area contributed by atoms with Gasteiger partial charge in [0.25, 0.3) is 0 Å². The highest BCUT2D eigenvalue weighted by molar-refractivity contribution is 5.15. The van der Waals surface area contributed by atoms with Crippen LogP contribution in [0.15, 0.2) is 18.3 Å². The smallest absolute Gasteiger partial charge is 0.0797 e. The number of rotatable bonds is 7. The lowest BCUT2D eigenvalue weighted by molar-refractivity contribution is 0.488. The molecule has 0 fully saturated rings. The van der Waals surface area contributed by atoms with Crippen molar-refractivity contribution >= 4 is 0 Å². The average Bonchev–Trinajstić information content (AvgIpc) is 3.00. The van der Waals surface area contributed by atoms with Gasteiger partial charge in [-0.1, -0.05) is 6.92 Å². The van der Waals surface area contributed by atoms with Gasteiger partial charge < -0.3 is 5.32 Å². The molecule has 5 nitrogen and oxygen atoms in total.